The molecule has 1 N–H and O–H groups in total. The molecular formula is C13H18ClN3O. The van der Waals surface area contributed by atoms with Gasteiger partial charge in [-0.25, -0.2) is 4.98 Å². The summed E-state index contributed by atoms with van der Waals surface area (Å²) in [6.07, 6.45) is 8.18. The smallest absolute Gasteiger partial charge is 0.237 e. The van der Waals surface area contributed by atoms with Gasteiger partial charge in [-0.05, 0) is 24.7 Å². The molecule has 0 radical (unpaired) electrons. The highest BCUT2D eigenvalue weighted by Gasteiger charge is 2.19. The summed E-state index contributed by atoms with van der Waals surface area (Å²) >= 11 is 6.02. The van der Waals surface area contributed by atoms with Crippen molar-refractivity contribution in [2.24, 2.45) is 11.8 Å². The monoisotopic (exact) mass is 267 g/mol. The summed E-state index contributed by atoms with van der Waals surface area (Å²) in [5.41, 5.74) is 0. The van der Waals surface area contributed by atoms with E-state index in [1.807, 2.05) is 0 Å². The van der Waals surface area contributed by atoms with Gasteiger partial charge in [-0.15, -0.1) is 0 Å². The van der Waals surface area contributed by atoms with Crippen LogP contribution >= 0.6 is 11.6 Å². The minimum absolute atomic E-state index is 0.452. The quantitative estimate of drug-likeness (QED) is 0.852. The van der Waals surface area contributed by atoms with Crippen LogP contribution in [0.25, 0.3) is 0 Å². The number of nitrogens with one attached hydrogen (secondary N) is 1. The minimum atomic E-state index is 0.452. The Balaban J connectivity index is 1.99. The van der Waals surface area contributed by atoms with Crippen LogP contribution in [-0.4, -0.2) is 23.6 Å². The van der Waals surface area contributed by atoms with Crippen LogP contribution in [0.15, 0.2) is 18.3 Å². The first-order chi connectivity index (χ1) is 8.70. The molecule has 0 aromatic carbocycles. The molecule has 2 unspecified atom stereocenters. The van der Waals surface area contributed by atoms with Crippen LogP contribution in [0.3, 0.4) is 0 Å². The zero-order chi connectivity index (χ0) is 13.0. The zero-order valence-electron chi connectivity index (χ0n) is 10.7. The average molecular weight is 268 g/mol. The molecule has 0 fully saturated rings. The number of anilines is 1. The fraction of sp³-hybridized carbons (Fsp3) is 0.538. The predicted molar refractivity (Wildman–Crippen MR) is 73.1 cm³/mol. The van der Waals surface area contributed by atoms with E-state index >= 15 is 0 Å². The van der Waals surface area contributed by atoms with Crippen LogP contribution in [0.1, 0.15) is 19.8 Å². The molecular weight excluding hydrogens is 250 g/mol. The summed E-state index contributed by atoms with van der Waals surface area (Å²) in [5, 5.41) is 3.32. The first-order valence-electron chi connectivity index (χ1n) is 6.18. The van der Waals surface area contributed by atoms with E-state index in [4.69, 9.17) is 16.3 Å². The van der Waals surface area contributed by atoms with Gasteiger partial charge in [0.2, 0.25) is 11.8 Å². The van der Waals surface area contributed by atoms with E-state index < -0.39 is 0 Å². The van der Waals surface area contributed by atoms with E-state index in [9.17, 15) is 0 Å². The number of nitrogens with zero attached hydrogens (tertiary/aromatic N) is 2. The summed E-state index contributed by atoms with van der Waals surface area (Å²) < 4.78 is 5.73. The molecule has 0 amide bonds. The summed E-state index contributed by atoms with van der Waals surface area (Å²) in [7, 11) is 1.76. The van der Waals surface area contributed by atoms with Crippen molar-refractivity contribution in [3.8, 4) is 5.88 Å². The van der Waals surface area contributed by atoms with Crippen LogP contribution in [0.5, 0.6) is 5.88 Å². The van der Waals surface area contributed by atoms with Gasteiger partial charge >= 0.3 is 0 Å². The summed E-state index contributed by atoms with van der Waals surface area (Å²) in [6, 6.07) is 0. The van der Waals surface area contributed by atoms with Crippen molar-refractivity contribution in [1.82, 2.24) is 9.97 Å². The molecule has 1 aromatic heterocycles. The molecule has 1 aromatic rings. The molecule has 0 aliphatic heterocycles. The highest BCUT2D eigenvalue weighted by atomic mass is 35.5. The molecule has 1 aliphatic carbocycles. The Morgan fingerprint density at radius 3 is 2.94 bits per heavy atom. The fourth-order valence-corrected chi connectivity index (χ4v) is 2.14. The molecule has 0 spiro atoms. The van der Waals surface area contributed by atoms with Crippen LogP contribution in [0, 0.1) is 11.8 Å². The zero-order valence-corrected chi connectivity index (χ0v) is 11.4. The van der Waals surface area contributed by atoms with Crippen LogP contribution < -0.4 is 10.1 Å². The third kappa shape index (κ3) is 3.13. The Hall–Kier alpha value is -1.29. The van der Waals surface area contributed by atoms with Gasteiger partial charge in [0.05, 0.1) is 12.8 Å². The maximum Gasteiger partial charge on any atom is 0.237 e. The van der Waals surface area contributed by atoms with E-state index in [0.717, 1.165) is 12.8 Å². The Morgan fingerprint density at radius 2 is 2.22 bits per heavy atom. The molecule has 2 rings (SSSR count). The molecule has 0 bridgehead atoms. The van der Waals surface area contributed by atoms with Crippen molar-refractivity contribution in [1.29, 1.82) is 0 Å². The van der Waals surface area contributed by atoms with Gasteiger partial charge in [0.25, 0.3) is 0 Å². The SMILES string of the molecule is CNc1ncc(Cl)c(OCC2CC=CCC2C)n1. The van der Waals surface area contributed by atoms with Gasteiger partial charge in [0.1, 0.15) is 5.02 Å². The number of ether oxygens (including phenoxy) is 1. The topological polar surface area (TPSA) is 47.0 Å². The van der Waals surface area contributed by atoms with E-state index in [0.29, 0.717) is 35.3 Å². The molecule has 4 nitrogen and oxygen atoms in total. The standard InChI is InChI=1S/C13H18ClN3O/c1-9-5-3-4-6-10(9)8-18-12-11(14)7-16-13(15-2)17-12/h3-4,7,9-10H,5-6,8H2,1-2H3,(H,15,16,17). The number of aromatic nitrogens is 2. The molecule has 5 heteroatoms. The summed E-state index contributed by atoms with van der Waals surface area (Å²) in [5.74, 6) is 2.14. The van der Waals surface area contributed by atoms with E-state index in [2.05, 4.69) is 34.4 Å². The van der Waals surface area contributed by atoms with Crippen LogP contribution in [0.4, 0.5) is 5.95 Å². The Kier molecular flexibility index (Phi) is 4.42. The number of rotatable bonds is 4. The van der Waals surface area contributed by atoms with Crippen molar-refractivity contribution in [3.63, 3.8) is 0 Å². The molecule has 1 aliphatic rings. The van der Waals surface area contributed by atoms with Gasteiger partial charge in [-0.3, -0.25) is 0 Å². The van der Waals surface area contributed by atoms with Gasteiger partial charge in [0, 0.05) is 7.05 Å². The Bertz CT molecular complexity index is 436. The van der Waals surface area contributed by atoms with Crippen molar-refractivity contribution < 1.29 is 4.74 Å². The second kappa shape index (κ2) is 6.05. The van der Waals surface area contributed by atoms with Crippen molar-refractivity contribution in [2.45, 2.75) is 19.8 Å². The van der Waals surface area contributed by atoms with Crippen molar-refractivity contribution >= 4 is 17.5 Å². The van der Waals surface area contributed by atoms with Crippen LogP contribution in [-0.2, 0) is 0 Å². The molecule has 0 saturated heterocycles. The fourth-order valence-electron chi connectivity index (χ4n) is 2.00. The third-order valence-electron chi connectivity index (χ3n) is 3.29. The lowest BCUT2D eigenvalue weighted by molar-refractivity contribution is 0.193. The molecule has 0 saturated carbocycles. The predicted octanol–water partition coefficient (Wildman–Crippen LogP) is 3.15. The summed E-state index contributed by atoms with van der Waals surface area (Å²) in [6.45, 7) is 2.89. The highest BCUT2D eigenvalue weighted by molar-refractivity contribution is 6.31. The number of hydrogen-bond donors (Lipinski definition) is 1. The first-order valence-corrected chi connectivity index (χ1v) is 6.56. The third-order valence-corrected chi connectivity index (χ3v) is 3.55. The Labute approximate surface area is 112 Å². The van der Waals surface area contributed by atoms with Crippen molar-refractivity contribution in [3.05, 3.63) is 23.4 Å². The van der Waals surface area contributed by atoms with Crippen molar-refractivity contribution in [2.75, 3.05) is 19.0 Å². The second-order valence-electron chi connectivity index (χ2n) is 4.59. The van der Waals surface area contributed by atoms with E-state index in [-0.39, 0.29) is 0 Å². The lowest BCUT2D eigenvalue weighted by atomic mass is 9.85. The lowest BCUT2D eigenvalue weighted by Gasteiger charge is -2.25. The van der Waals surface area contributed by atoms with Crippen LogP contribution in [0.2, 0.25) is 5.02 Å². The summed E-state index contributed by atoms with van der Waals surface area (Å²) in [4.78, 5) is 8.23. The maximum absolute atomic E-state index is 6.02. The van der Waals surface area contributed by atoms with E-state index in [1.165, 1.54) is 0 Å². The average Bonchev–Trinajstić information content (AvgIpc) is 2.39. The first kappa shape index (κ1) is 13.1. The normalized spacial score (nSPS) is 22.8. The highest BCUT2D eigenvalue weighted by Crippen LogP contribution is 2.27. The number of allylic oxidation sites excluding steroid dienone is 2. The maximum atomic E-state index is 6.02. The van der Waals surface area contributed by atoms with Gasteiger partial charge in [0.15, 0.2) is 0 Å². The lowest BCUT2D eigenvalue weighted by Crippen LogP contribution is -2.21. The second-order valence-corrected chi connectivity index (χ2v) is 5.00. The van der Waals surface area contributed by atoms with Gasteiger partial charge in [-0.1, -0.05) is 30.7 Å². The molecule has 2 atom stereocenters. The Morgan fingerprint density at radius 1 is 1.44 bits per heavy atom. The largest absolute Gasteiger partial charge is 0.476 e. The van der Waals surface area contributed by atoms with E-state index in [1.54, 1.807) is 13.2 Å². The number of hydrogen-bond acceptors (Lipinski definition) is 4. The molecule has 98 valence electrons. The minimum Gasteiger partial charge on any atom is -0.476 e. The van der Waals surface area contributed by atoms with Gasteiger partial charge in [-0.2, -0.15) is 4.98 Å². The number of halogens is 1. The molecule has 1 heterocycles. The van der Waals surface area contributed by atoms with Gasteiger partial charge < -0.3 is 10.1 Å². The molecule has 18 heavy (non-hydrogen) atoms.